The number of nitro benzene ring substituents is 1. The zero-order chi connectivity index (χ0) is 24.1. The Balaban J connectivity index is 1.67. The lowest BCUT2D eigenvalue weighted by molar-refractivity contribution is -0.384. The molecular formula is C21H21ClN4O7. The van der Waals surface area contributed by atoms with Crippen LogP contribution >= 0.6 is 11.6 Å². The number of non-ortho nitro benzene ring substituents is 1. The van der Waals surface area contributed by atoms with Crippen LogP contribution in [0.3, 0.4) is 0 Å². The van der Waals surface area contributed by atoms with Crippen LogP contribution < -0.4 is 15.8 Å². The van der Waals surface area contributed by atoms with E-state index in [1.165, 1.54) is 24.3 Å². The van der Waals surface area contributed by atoms with Crippen molar-refractivity contribution >= 4 is 45.9 Å². The van der Waals surface area contributed by atoms with Crippen molar-refractivity contribution in [3.63, 3.8) is 0 Å². The molecule has 0 unspecified atom stereocenters. The molecule has 0 saturated carbocycles. The molecule has 0 spiro atoms. The number of likely N-dealkylation sites (N-methyl/N-ethyl adjacent to an activating group) is 1. The van der Waals surface area contributed by atoms with E-state index in [4.69, 9.17) is 20.8 Å². The van der Waals surface area contributed by atoms with E-state index in [0.717, 1.165) is 10.6 Å². The van der Waals surface area contributed by atoms with Crippen molar-refractivity contribution in [1.82, 2.24) is 9.47 Å². The van der Waals surface area contributed by atoms with Crippen molar-refractivity contribution in [2.24, 2.45) is 0 Å². The van der Waals surface area contributed by atoms with Gasteiger partial charge in [0.2, 0.25) is 5.91 Å². The number of halogens is 1. The predicted molar refractivity (Wildman–Crippen MR) is 121 cm³/mol. The van der Waals surface area contributed by atoms with Gasteiger partial charge in [0.15, 0.2) is 12.2 Å². The predicted octanol–water partition coefficient (Wildman–Crippen LogP) is 3.04. The van der Waals surface area contributed by atoms with Crippen molar-refractivity contribution in [3.05, 3.63) is 62.1 Å². The number of hydrogen-bond donors (Lipinski definition) is 1. The number of aromatic nitrogens is 1. The Labute approximate surface area is 192 Å². The lowest BCUT2D eigenvalue weighted by Crippen LogP contribution is -2.34. The second kappa shape index (κ2) is 10.2. The molecule has 0 atom stereocenters. The molecule has 1 aromatic heterocycles. The maximum atomic E-state index is 12.5. The van der Waals surface area contributed by atoms with Gasteiger partial charge in [-0.3, -0.25) is 24.3 Å². The summed E-state index contributed by atoms with van der Waals surface area (Å²) < 4.78 is 11.5. The fourth-order valence-electron chi connectivity index (χ4n) is 3.17. The number of amides is 2. The van der Waals surface area contributed by atoms with Crippen LogP contribution in [0.15, 0.2) is 45.6 Å². The van der Waals surface area contributed by atoms with Gasteiger partial charge in [0.1, 0.15) is 12.3 Å². The van der Waals surface area contributed by atoms with Crippen molar-refractivity contribution in [2.45, 2.75) is 20.4 Å². The van der Waals surface area contributed by atoms with Gasteiger partial charge in [-0.05, 0) is 38.1 Å². The van der Waals surface area contributed by atoms with Gasteiger partial charge >= 0.3 is 5.76 Å². The molecule has 33 heavy (non-hydrogen) atoms. The fourth-order valence-corrected chi connectivity index (χ4v) is 3.40. The highest BCUT2D eigenvalue weighted by atomic mass is 35.5. The number of anilines is 1. The summed E-state index contributed by atoms with van der Waals surface area (Å²) in [6.45, 7) is 4.35. The maximum absolute atomic E-state index is 12.5. The molecule has 0 radical (unpaired) electrons. The molecule has 3 rings (SSSR count). The topological polar surface area (TPSA) is 137 Å². The first-order valence-electron chi connectivity index (χ1n) is 10.0. The summed E-state index contributed by atoms with van der Waals surface area (Å²) in [6.07, 6.45) is 0. The van der Waals surface area contributed by atoms with Gasteiger partial charge in [-0.2, -0.15) is 0 Å². The van der Waals surface area contributed by atoms with E-state index in [1.54, 1.807) is 11.0 Å². The van der Waals surface area contributed by atoms with Gasteiger partial charge in [0.25, 0.3) is 11.6 Å². The second-order valence-corrected chi connectivity index (χ2v) is 7.32. The lowest BCUT2D eigenvalue weighted by Gasteiger charge is -2.19. The molecule has 11 nitrogen and oxygen atoms in total. The van der Waals surface area contributed by atoms with Crippen LogP contribution in [0.5, 0.6) is 5.75 Å². The highest BCUT2D eigenvalue weighted by Crippen LogP contribution is 2.28. The molecule has 2 aromatic carbocycles. The minimum Gasteiger partial charge on any atom is -0.482 e. The van der Waals surface area contributed by atoms with Gasteiger partial charge in [0.05, 0.1) is 21.5 Å². The Morgan fingerprint density at radius 2 is 1.94 bits per heavy atom. The number of rotatable bonds is 9. The van der Waals surface area contributed by atoms with Crippen molar-refractivity contribution in [1.29, 1.82) is 0 Å². The maximum Gasteiger partial charge on any atom is 0.420 e. The van der Waals surface area contributed by atoms with Crippen molar-refractivity contribution in [3.8, 4) is 5.75 Å². The average molecular weight is 477 g/mol. The molecule has 174 valence electrons. The molecule has 0 fully saturated rings. The summed E-state index contributed by atoms with van der Waals surface area (Å²) in [4.78, 5) is 48.5. The quantitative estimate of drug-likeness (QED) is 0.370. The summed E-state index contributed by atoms with van der Waals surface area (Å²) in [5.41, 5.74) is 0.374. The molecule has 0 aliphatic rings. The van der Waals surface area contributed by atoms with Crippen LogP contribution in [0.25, 0.3) is 11.1 Å². The van der Waals surface area contributed by atoms with E-state index in [2.05, 4.69) is 5.32 Å². The van der Waals surface area contributed by atoms with E-state index < -0.39 is 16.6 Å². The normalized spacial score (nSPS) is 10.8. The summed E-state index contributed by atoms with van der Waals surface area (Å²) in [5.74, 6) is -1.25. The summed E-state index contributed by atoms with van der Waals surface area (Å²) in [7, 11) is 0. The SMILES string of the molecule is CCN(CC)C(=O)COc1ccc(NC(=O)Cn2c(=O)oc3cc([N+](=O)[O-])ccc32)cc1Cl. The van der Waals surface area contributed by atoms with E-state index in [0.29, 0.717) is 18.8 Å². The third kappa shape index (κ3) is 5.50. The molecule has 3 aromatic rings. The number of nitro groups is 1. The van der Waals surface area contributed by atoms with E-state index in [9.17, 15) is 24.5 Å². The highest BCUT2D eigenvalue weighted by Gasteiger charge is 2.17. The van der Waals surface area contributed by atoms with Gasteiger partial charge in [-0.25, -0.2) is 4.79 Å². The minimum atomic E-state index is -0.819. The first-order chi connectivity index (χ1) is 15.7. The zero-order valence-corrected chi connectivity index (χ0v) is 18.6. The molecule has 0 aliphatic heterocycles. The lowest BCUT2D eigenvalue weighted by atomic mass is 10.3. The van der Waals surface area contributed by atoms with Gasteiger partial charge in [0, 0.05) is 24.8 Å². The molecule has 0 saturated heterocycles. The van der Waals surface area contributed by atoms with Crippen molar-refractivity contribution in [2.75, 3.05) is 25.0 Å². The number of oxazole rings is 1. The Morgan fingerprint density at radius 1 is 1.21 bits per heavy atom. The van der Waals surface area contributed by atoms with Crippen LogP contribution in [-0.2, 0) is 16.1 Å². The summed E-state index contributed by atoms with van der Waals surface area (Å²) >= 11 is 6.20. The monoisotopic (exact) mass is 476 g/mol. The van der Waals surface area contributed by atoms with Crippen LogP contribution in [-0.4, -0.2) is 45.9 Å². The fraction of sp³-hybridized carbons (Fsp3) is 0.286. The average Bonchev–Trinajstić information content (AvgIpc) is 3.08. The van der Waals surface area contributed by atoms with Crippen LogP contribution in [0.1, 0.15) is 13.8 Å². The Bertz CT molecular complexity index is 1260. The van der Waals surface area contributed by atoms with E-state index >= 15 is 0 Å². The standard InChI is InChI=1S/C21H21ClN4O7/c1-3-24(4-2)20(28)12-32-17-8-5-13(9-15(17)22)23-19(27)11-25-16-7-6-14(26(30)31)10-18(16)33-21(25)29/h5-10H,3-4,11-12H2,1-2H3,(H,23,27). The third-order valence-electron chi connectivity index (χ3n) is 4.85. The highest BCUT2D eigenvalue weighted by molar-refractivity contribution is 6.32. The van der Waals surface area contributed by atoms with Gasteiger partial charge < -0.3 is 19.4 Å². The molecule has 0 aliphatic carbocycles. The molecular weight excluding hydrogens is 456 g/mol. The number of nitrogens with zero attached hydrogens (tertiary/aromatic N) is 3. The van der Waals surface area contributed by atoms with E-state index in [1.807, 2.05) is 13.8 Å². The van der Waals surface area contributed by atoms with E-state index in [-0.39, 0.29) is 46.6 Å². The van der Waals surface area contributed by atoms with Crippen LogP contribution in [0, 0.1) is 10.1 Å². The number of nitrogens with one attached hydrogen (secondary N) is 1. The molecule has 1 N–H and O–H groups in total. The Kier molecular flexibility index (Phi) is 7.34. The van der Waals surface area contributed by atoms with Crippen LogP contribution in [0.2, 0.25) is 5.02 Å². The first-order valence-corrected chi connectivity index (χ1v) is 10.4. The Morgan fingerprint density at radius 3 is 2.58 bits per heavy atom. The van der Waals surface area contributed by atoms with Gasteiger partial charge in [-0.1, -0.05) is 11.6 Å². The third-order valence-corrected chi connectivity index (χ3v) is 5.14. The first kappa shape index (κ1) is 23.8. The number of ether oxygens (including phenoxy) is 1. The molecule has 0 bridgehead atoms. The number of carbonyl (C=O) groups excluding carboxylic acids is 2. The number of carbonyl (C=O) groups is 2. The molecule has 2 amide bonds. The van der Waals surface area contributed by atoms with Crippen LogP contribution in [0.4, 0.5) is 11.4 Å². The summed E-state index contributed by atoms with van der Waals surface area (Å²) in [5, 5.41) is 13.7. The number of fused-ring (bicyclic) bond motifs is 1. The number of benzene rings is 2. The molecule has 12 heteroatoms. The largest absolute Gasteiger partial charge is 0.482 e. The number of hydrogen-bond acceptors (Lipinski definition) is 7. The second-order valence-electron chi connectivity index (χ2n) is 6.91. The Hall–Kier alpha value is -3.86. The smallest absolute Gasteiger partial charge is 0.420 e. The van der Waals surface area contributed by atoms with Crippen molar-refractivity contribution < 1.29 is 23.7 Å². The zero-order valence-electron chi connectivity index (χ0n) is 17.9. The molecule has 1 heterocycles. The minimum absolute atomic E-state index is 0.00537. The van der Waals surface area contributed by atoms with Gasteiger partial charge in [-0.15, -0.1) is 0 Å². The summed E-state index contributed by atoms with van der Waals surface area (Å²) in [6, 6.07) is 8.20.